The van der Waals surface area contributed by atoms with Gasteiger partial charge in [0.2, 0.25) is 0 Å². The molecule has 0 saturated heterocycles. The SMILES string of the molecule is CCOC1(c2ncc(I)c(NC)n2)CCCC(C)C1. The average molecular weight is 375 g/mol. The summed E-state index contributed by atoms with van der Waals surface area (Å²) in [6.45, 7) is 5.04. The van der Waals surface area contributed by atoms with E-state index in [1.165, 1.54) is 12.8 Å². The molecule has 2 rings (SSSR count). The van der Waals surface area contributed by atoms with Crippen molar-refractivity contribution in [3.63, 3.8) is 0 Å². The number of ether oxygens (including phenoxy) is 1. The molecule has 0 amide bonds. The van der Waals surface area contributed by atoms with Crippen molar-refractivity contribution in [1.82, 2.24) is 9.97 Å². The molecule has 2 atom stereocenters. The van der Waals surface area contributed by atoms with Crippen LogP contribution in [0.5, 0.6) is 0 Å². The van der Waals surface area contributed by atoms with E-state index in [1.54, 1.807) is 0 Å². The Morgan fingerprint density at radius 3 is 3.00 bits per heavy atom. The molecule has 0 radical (unpaired) electrons. The highest BCUT2D eigenvalue weighted by molar-refractivity contribution is 14.1. The van der Waals surface area contributed by atoms with Crippen LogP contribution in [-0.2, 0) is 10.3 Å². The van der Waals surface area contributed by atoms with Crippen LogP contribution in [0.4, 0.5) is 5.82 Å². The van der Waals surface area contributed by atoms with Gasteiger partial charge in [-0.15, -0.1) is 0 Å². The molecule has 1 heterocycles. The minimum Gasteiger partial charge on any atom is -0.372 e. The molecule has 1 aliphatic carbocycles. The summed E-state index contributed by atoms with van der Waals surface area (Å²) in [5.41, 5.74) is -0.289. The van der Waals surface area contributed by atoms with Gasteiger partial charge >= 0.3 is 0 Å². The molecule has 0 aliphatic heterocycles. The first-order valence-electron chi connectivity index (χ1n) is 6.96. The fourth-order valence-electron chi connectivity index (χ4n) is 2.94. The number of nitrogens with zero attached hydrogens (tertiary/aromatic N) is 2. The van der Waals surface area contributed by atoms with E-state index < -0.39 is 0 Å². The second-order valence-corrected chi connectivity index (χ2v) is 6.43. The van der Waals surface area contributed by atoms with Gasteiger partial charge in [0.05, 0.1) is 3.57 Å². The Morgan fingerprint density at radius 1 is 1.58 bits per heavy atom. The second kappa shape index (κ2) is 6.35. The summed E-state index contributed by atoms with van der Waals surface area (Å²) in [7, 11) is 1.89. The van der Waals surface area contributed by atoms with Crippen LogP contribution in [0.3, 0.4) is 0 Å². The summed E-state index contributed by atoms with van der Waals surface area (Å²) in [5, 5.41) is 3.13. The molecule has 1 saturated carbocycles. The normalized spacial score (nSPS) is 27.3. The third-order valence-corrected chi connectivity index (χ3v) is 4.55. The van der Waals surface area contributed by atoms with Crippen molar-refractivity contribution in [3.05, 3.63) is 15.6 Å². The lowest BCUT2D eigenvalue weighted by atomic mass is 9.78. The zero-order chi connectivity index (χ0) is 13.9. The van der Waals surface area contributed by atoms with Crippen LogP contribution in [-0.4, -0.2) is 23.6 Å². The Labute approximate surface area is 128 Å². The maximum absolute atomic E-state index is 6.11. The van der Waals surface area contributed by atoms with E-state index >= 15 is 0 Å². The van der Waals surface area contributed by atoms with Crippen molar-refractivity contribution in [2.24, 2.45) is 5.92 Å². The number of nitrogens with one attached hydrogen (secondary N) is 1. The average Bonchev–Trinajstić information content (AvgIpc) is 2.39. The molecule has 1 aromatic heterocycles. The van der Waals surface area contributed by atoms with Crippen LogP contribution in [0.2, 0.25) is 0 Å². The number of aromatic nitrogens is 2. The van der Waals surface area contributed by atoms with Gasteiger partial charge in [0.15, 0.2) is 5.82 Å². The quantitative estimate of drug-likeness (QED) is 0.818. The van der Waals surface area contributed by atoms with Crippen molar-refractivity contribution in [3.8, 4) is 0 Å². The maximum atomic E-state index is 6.11. The number of hydrogen-bond acceptors (Lipinski definition) is 4. The zero-order valence-corrected chi connectivity index (χ0v) is 14.0. The van der Waals surface area contributed by atoms with Gasteiger partial charge in [-0.05, 0) is 54.7 Å². The lowest BCUT2D eigenvalue weighted by molar-refractivity contribution is -0.0880. The van der Waals surface area contributed by atoms with Crippen LogP contribution in [0.1, 0.15) is 45.4 Å². The fourth-order valence-corrected chi connectivity index (χ4v) is 3.47. The third kappa shape index (κ3) is 3.18. The molecule has 1 aliphatic rings. The van der Waals surface area contributed by atoms with Crippen molar-refractivity contribution in [1.29, 1.82) is 0 Å². The number of anilines is 1. The van der Waals surface area contributed by atoms with E-state index in [-0.39, 0.29) is 5.60 Å². The predicted octanol–water partition coefficient (Wildman–Crippen LogP) is 3.56. The van der Waals surface area contributed by atoms with Gasteiger partial charge in [-0.2, -0.15) is 0 Å². The highest BCUT2D eigenvalue weighted by atomic mass is 127. The maximum Gasteiger partial charge on any atom is 0.162 e. The molecule has 2 unspecified atom stereocenters. The van der Waals surface area contributed by atoms with Gasteiger partial charge in [0.25, 0.3) is 0 Å². The first-order chi connectivity index (χ1) is 9.11. The Kier molecular flexibility index (Phi) is 5.00. The number of hydrogen-bond donors (Lipinski definition) is 1. The monoisotopic (exact) mass is 375 g/mol. The second-order valence-electron chi connectivity index (χ2n) is 5.27. The molecule has 19 heavy (non-hydrogen) atoms. The topological polar surface area (TPSA) is 47.0 Å². The van der Waals surface area contributed by atoms with Gasteiger partial charge in [-0.1, -0.05) is 13.3 Å². The van der Waals surface area contributed by atoms with Gasteiger partial charge in [0, 0.05) is 19.9 Å². The van der Waals surface area contributed by atoms with Crippen molar-refractivity contribution < 1.29 is 4.74 Å². The van der Waals surface area contributed by atoms with Crippen LogP contribution in [0, 0.1) is 9.49 Å². The van der Waals surface area contributed by atoms with E-state index in [9.17, 15) is 0 Å². The van der Waals surface area contributed by atoms with Crippen molar-refractivity contribution >= 4 is 28.4 Å². The lowest BCUT2D eigenvalue weighted by Crippen LogP contribution is -2.37. The van der Waals surface area contributed by atoms with Gasteiger partial charge < -0.3 is 10.1 Å². The smallest absolute Gasteiger partial charge is 0.162 e. The van der Waals surface area contributed by atoms with Crippen molar-refractivity contribution in [2.75, 3.05) is 19.0 Å². The van der Waals surface area contributed by atoms with Crippen LogP contribution in [0.15, 0.2) is 6.20 Å². The molecule has 1 aromatic rings. The molecule has 1 N–H and O–H groups in total. The standard InChI is InChI=1S/C14H22IN3O/c1-4-19-14(7-5-6-10(2)8-14)13-17-9-11(15)12(16-3)18-13/h9-10H,4-8H2,1-3H3,(H,16,17,18). The van der Waals surface area contributed by atoms with Crippen LogP contribution < -0.4 is 5.32 Å². The van der Waals surface area contributed by atoms with E-state index in [4.69, 9.17) is 4.74 Å². The molecule has 0 spiro atoms. The number of halogens is 1. The minimum absolute atomic E-state index is 0.289. The first-order valence-corrected chi connectivity index (χ1v) is 8.04. The van der Waals surface area contributed by atoms with Crippen LogP contribution in [0.25, 0.3) is 0 Å². The molecule has 106 valence electrons. The summed E-state index contributed by atoms with van der Waals surface area (Å²) in [6.07, 6.45) is 6.39. The predicted molar refractivity (Wildman–Crippen MR) is 85.2 cm³/mol. The lowest BCUT2D eigenvalue weighted by Gasteiger charge is -2.38. The van der Waals surface area contributed by atoms with E-state index in [2.05, 4.69) is 44.8 Å². The molecule has 0 bridgehead atoms. The Balaban J connectivity index is 2.37. The Hall–Kier alpha value is -0.430. The molecule has 4 nitrogen and oxygen atoms in total. The molecule has 0 aromatic carbocycles. The molecular weight excluding hydrogens is 353 g/mol. The van der Waals surface area contributed by atoms with Gasteiger partial charge in [-0.3, -0.25) is 0 Å². The fraction of sp³-hybridized carbons (Fsp3) is 0.714. The molecule has 5 heteroatoms. The van der Waals surface area contributed by atoms with Gasteiger partial charge in [0.1, 0.15) is 11.4 Å². The summed E-state index contributed by atoms with van der Waals surface area (Å²) >= 11 is 2.25. The molecular formula is C14H22IN3O. The zero-order valence-electron chi connectivity index (χ0n) is 11.9. The summed E-state index contributed by atoms with van der Waals surface area (Å²) in [5.74, 6) is 2.40. The van der Waals surface area contributed by atoms with Crippen molar-refractivity contribution in [2.45, 2.75) is 45.1 Å². The molecule has 1 fully saturated rings. The largest absolute Gasteiger partial charge is 0.372 e. The Bertz CT molecular complexity index is 437. The first kappa shape index (κ1) is 15.0. The summed E-state index contributed by atoms with van der Waals surface area (Å²) < 4.78 is 7.15. The summed E-state index contributed by atoms with van der Waals surface area (Å²) in [4.78, 5) is 9.24. The van der Waals surface area contributed by atoms with Gasteiger partial charge in [-0.25, -0.2) is 9.97 Å². The number of rotatable bonds is 4. The minimum atomic E-state index is -0.289. The van der Waals surface area contributed by atoms with Crippen LogP contribution >= 0.6 is 22.6 Å². The third-order valence-electron chi connectivity index (χ3n) is 3.76. The Morgan fingerprint density at radius 2 is 2.37 bits per heavy atom. The van der Waals surface area contributed by atoms with E-state index in [0.717, 1.165) is 28.1 Å². The highest BCUT2D eigenvalue weighted by Crippen LogP contribution is 2.41. The van der Waals surface area contributed by atoms with E-state index in [0.29, 0.717) is 12.5 Å². The summed E-state index contributed by atoms with van der Waals surface area (Å²) in [6, 6.07) is 0. The van der Waals surface area contributed by atoms with E-state index in [1.807, 2.05) is 20.2 Å². The highest BCUT2D eigenvalue weighted by Gasteiger charge is 2.40.